The van der Waals surface area contributed by atoms with Gasteiger partial charge in [-0.05, 0) is 27.6 Å². The summed E-state index contributed by atoms with van der Waals surface area (Å²) in [5.74, 6) is -0.0697. The molecule has 6 rings (SSSR count). The first-order valence-electron chi connectivity index (χ1n) is 9.95. The van der Waals surface area contributed by atoms with Crippen molar-refractivity contribution in [1.29, 1.82) is 0 Å². The first-order chi connectivity index (χ1) is 14.7. The molecule has 0 saturated carbocycles. The van der Waals surface area contributed by atoms with Gasteiger partial charge in [0.05, 0.1) is 11.1 Å². The highest BCUT2D eigenvalue weighted by atomic mass is 16.1. The molecule has 0 saturated heterocycles. The molecule has 0 unspecified atom stereocenters. The van der Waals surface area contributed by atoms with Gasteiger partial charge in [-0.2, -0.15) is 0 Å². The van der Waals surface area contributed by atoms with Crippen LogP contribution in [0.1, 0.15) is 15.9 Å². The normalized spacial score (nSPS) is 11.8. The molecular formula is C27H17NO2. The van der Waals surface area contributed by atoms with E-state index >= 15 is 0 Å². The fraction of sp³-hybridized carbons (Fsp3) is 0.0370. The minimum absolute atomic E-state index is 0.0697. The predicted molar refractivity (Wildman–Crippen MR) is 123 cm³/mol. The molecule has 0 amide bonds. The van der Waals surface area contributed by atoms with E-state index in [9.17, 15) is 9.59 Å². The fourth-order valence-electron chi connectivity index (χ4n) is 4.80. The summed E-state index contributed by atoms with van der Waals surface area (Å²) >= 11 is 0. The number of aryl methyl sites for hydroxylation is 1. The van der Waals surface area contributed by atoms with Gasteiger partial charge in [0.25, 0.3) is 5.56 Å². The number of rotatable bonds is 2. The van der Waals surface area contributed by atoms with E-state index in [0.717, 1.165) is 32.3 Å². The van der Waals surface area contributed by atoms with Gasteiger partial charge >= 0.3 is 0 Å². The number of hydrogen-bond donors (Lipinski definition) is 0. The van der Waals surface area contributed by atoms with E-state index in [4.69, 9.17) is 0 Å². The first-order valence-corrected chi connectivity index (χ1v) is 9.95. The quantitative estimate of drug-likeness (QED) is 0.218. The van der Waals surface area contributed by atoms with Crippen LogP contribution < -0.4 is 5.56 Å². The minimum Gasteiger partial charge on any atom is -0.310 e. The number of carbonyl (C=O) groups is 1. The molecule has 0 radical (unpaired) electrons. The number of nitrogens with zero attached hydrogens (tertiary/aromatic N) is 1. The molecule has 5 aromatic carbocycles. The number of aromatic nitrogens is 1. The first kappa shape index (κ1) is 16.9. The van der Waals surface area contributed by atoms with Gasteiger partial charge in [0.1, 0.15) is 0 Å². The highest BCUT2D eigenvalue weighted by molar-refractivity contribution is 6.35. The maximum atomic E-state index is 13.8. The second kappa shape index (κ2) is 6.01. The lowest BCUT2D eigenvalue weighted by atomic mass is 9.88. The molecule has 1 heterocycles. The zero-order chi connectivity index (χ0) is 20.4. The Bertz CT molecular complexity index is 1680. The standard InChI is InChI=1S/C27H17NO2/c1-28-25-23-20(15-14-16-10-7-13-21(22(16)23)27(28)30)18-11-5-6-12-19(18)24(25)26(29)17-8-3-2-4-9-17/h2-15H,1H3. The number of ketones is 1. The van der Waals surface area contributed by atoms with Crippen molar-refractivity contribution in [2.75, 3.05) is 0 Å². The van der Waals surface area contributed by atoms with Crippen LogP contribution >= 0.6 is 0 Å². The summed E-state index contributed by atoms with van der Waals surface area (Å²) in [7, 11) is 1.77. The zero-order valence-electron chi connectivity index (χ0n) is 16.3. The van der Waals surface area contributed by atoms with Crippen molar-refractivity contribution in [3.05, 3.63) is 106 Å². The number of benzene rings is 5. The van der Waals surface area contributed by atoms with E-state index in [1.165, 1.54) is 0 Å². The Kier molecular flexibility index (Phi) is 3.39. The molecule has 30 heavy (non-hydrogen) atoms. The molecule has 0 spiro atoms. The van der Waals surface area contributed by atoms with Crippen molar-refractivity contribution in [2.45, 2.75) is 0 Å². The summed E-state index contributed by atoms with van der Waals surface area (Å²) in [5, 5.41) is 6.55. The molecule has 1 aromatic heterocycles. The molecule has 0 fully saturated rings. The lowest BCUT2D eigenvalue weighted by molar-refractivity contribution is 0.104. The molecule has 0 aliphatic rings. The Balaban J connectivity index is 1.96. The largest absolute Gasteiger partial charge is 0.310 e. The van der Waals surface area contributed by atoms with Gasteiger partial charge < -0.3 is 4.57 Å². The summed E-state index contributed by atoms with van der Waals surface area (Å²) in [4.78, 5) is 27.1. The molecule has 3 nitrogen and oxygen atoms in total. The molecule has 0 atom stereocenters. The predicted octanol–water partition coefficient (Wildman–Crippen LogP) is 5.67. The highest BCUT2D eigenvalue weighted by Crippen LogP contribution is 2.40. The summed E-state index contributed by atoms with van der Waals surface area (Å²) in [6, 6.07) is 27.2. The van der Waals surface area contributed by atoms with E-state index in [-0.39, 0.29) is 11.3 Å². The Morgan fingerprint density at radius 2 is 1.37 bits per heavy atom. The van der Waals surface area contributed by atoms with Crippen LogP contribution in [0, 0.1) is 0 Å². The van der Waals surface area contributed by atoms with Crippen LogP contribution in [-0.4, -0.2) is 10.4 Å². The highest BCUT2D eigenvalue weighted by Gasteiger charge is 2.23. The lowest BCUT2D eigenvalue weighted by Crippen LogP contribution is -2.20. The summed E-state index contributed by atoms with van der Waals surface area (Å²) in [6.45, 7) is 0. The zero-order valence-corrected chi connectivity index (χ0v) is 16.3. The van der Waals surface area contributed by atoms with Crippen molar-refractivity contribution in [1.82, 2.24) is 4.57 Å². The molecule has 3 heteroatoms. The molecule has 0 aliphatic heterocycles. The van der Waals surface area contributed by atoms with E-state index in [1.54, 1.807) is 11.6 Å². The van der Waals surface area contributed by atoms with Crippen LogP contribution in [0.25, 0.3) is 43.2 Å². The van der Waals surface area contributed by atoms with Crippen LogP contribution in [0.15, 0.2) is 89.7 Å². The number of pyridine rings is 1. The molecule has 0 aliphatic carbocycles. The van der Waals surface area contributed by atoms with Crippen molar-refractivity contribution in [3.8, 4) is 0 Å². The smallest absolute Gasteiger partial charge is 0.258 e. The van der Waals surface area contributed by atoms with Crippen LogP contribution in [0.5, 0.6) is 0 Å². The van der Waals surface area contributed by atoms with Gasteiger partial charge in [0.2, 0.25) is 0 Å². The van der Waals surface area contributed by atoms with Crippen LogP contribution in [0.4, 0.5) is 0 Å². The van der Waals surface area contributed by atoms with Crippen LogP contribution in [-0.2, 0) is 7.05 Å². The third-order valence-electron chi connectivity index (χ3n) is 6.14. The fourth-order valence-corrected chi connectivity index (χ4v) is 4.80. The second-order valence-corrected chi connectivity index (χ2v) is 7.72. The van der Waals surface area contributed by atoms with Gasteiger partial charge in [-0.1, -0.05) is 78.9 Å². The SMILES string of the molecule is Cn1c(=O)c2cccc3ccc4c5ccccc5c(C(=O)c5ccccc5)c1c4c32. The molecule has 0 bridgehead atoms. The minimum atomic E-state index is -0.0852. The third kappa shape index (κ3) is 2.09. The molecular weight excluding hydrogens is 370 g/mol. The Hall–Kier alpha value is -3.98. The maximum Gasteiger partial charge on any atom is 0.258 e. The van der Waals surface area contributed by atoms with Gasteiger partial charge in [-0.25, -0.2) is 0 Å². The number of fused-ring (bicyclic) bond motifs is 2. The van der Waals surface area contributed by atoms with Gasteiger partial charge in [-0.3, -0.25) is 9.59 Å². The van der Waals surface area contributed by atoms with Crippen molar-refractivity contribution in [2.24, 2.45) is 7.05 Å². The average Bonchev–Trinajstić information content (AvgIpc) is 2.81. The van der Waals surface area contributed by atoms with E-state index < -0.39 is 0 Å². The summed E-state index contributed by atoms with van der Waals surface area (Å²) in [6.07, 6.45) is 0. The molecule has 0 N–H and O–H groups in total. The van der Waals surface area contributed by atoms with Gasteiger partial charge in [0, 0.05) is 28.8 Å². The second-order valence-electron chi connectivity index (χ2n) is 7.72. The molecule has 6 aromatic rings. The summed E-state index contributed by atoms with van der Waals surface area (Å²) < 4.78 is 1.65. The maximum absolute atomic E-state index is 13.8. The lowest BCUT2D eigenvalue weighted by Gasteiger charge is -2.19. The Morgan fingerprint density at radius 1 is 0.667 bits per heavy atom. The Labute approximate surface area is 172 Å². The Morgan fingerprint density at radius 3 is 2.17 bits per heavy atom. The van der Waals surface area contributed by atoms with Gasteiger partial charge in [0.15, 0.2) is 5.78 Å². The van der Waals surface area contributed by atoms with Gasteiger partial charge in [-0.15, -0.1) is 0 Å². The van der Waals surface area contributed by atoms with Crippen molar-refractivity contribution < 1.29 is 4.79 Å². The third-order valence-corrected chi connectivity index (χ3v) is 6.14. The molecule has 142 valence electrons. The summed E-state index contributed by atoms with van der Waals surface area (Å²) in [5.41, 5.74) is 1.82. The van der Waals surface area contributed by atoms with Crippen LogP contribution in [0.2, 0.25) is 0 Å². The van der Waals surface area contributed by atoms with Crippen molar-refractivity contribution in [3.63, 3.8) is 0 Å². The average molecular weight is 387 g/mol. The van der Waals surface area contributed by atoms with E-state index in [2.05, 4.69) is 18.2 Å². The topological polar surface area (TPSA) is 39.1 Å². The van der Waals surface area contributed by atoms with E-state index in [1.807, 2.05) is 66.7 Å². The van der Waals surface area contributed by atoms with Crippen molar-refractivity contribution >= 4 is 49.0 Å². The monoisotopic (exact) mass is 387 g/mol. The van der Waals surface area contributed by atoms with E-state index in [0.29, 0.717) is 22.0 Å². The number of carbonyl (C=O) groups excluding carboxylic acids is 1. The van der Waals surface area contributed by atoms with Crippen LogP contribution in [0.3, 0.4) is 0 Å². The number of hydrogen-bond acceptors (Lipinski definition) is 2.